The number of hydrogen-bond acceptors (Lipinski definition) is 3. The fourth-order valence-corrected chi connectivity index (χ4v) is 3.36. The second kappa shape index (κ2) is 5.87. The van der Waals surface area contributed by atoms with Crippen molar-refractivity contribution in [2.75, 3.05) is 11.4 Å². The van der Waals surface area contributed by atoms with Gasteiger partial charge in [0.05, 0.1) is 0 Å². The normalized spacial score (nSPS) is 24.8. The third kappa shape index (κ3) is 2.94. The minimum absolute atomic E-state index is 0.00792. The number of hydrogen-bond donors (Lipinski definition) is 1. The Labute approximate surface area is 124 Å². The quantitative estimate of drug-likeness (QED) is 0.890. The number of nitrogens with zero attached hydrogens (tertiary/aromatic N) is 3. The molecule has 6 heteroatoms. The van der Waals surface area contributed by atoms with Gasteiger partial charge in [-0.25, -0.2) is 0 Å². The summed E-state index contributed by atoms with van der Waals surface area (Å²) in [5.74, 6) is 0.864. The Morgan fingerprint density at radius 3 is 2.67 bits per heavy atom. The van der Waals surface area contributed by atoms with E-state index < -0.39 is 0 Å². The minimum Gasteiger partial charge on any atom is -0.344 e. The van der Waals surface area contributed by atoms with Crippen LogP contribution in [0.3, 0.4) is 0 Å². The molecular weight excluding hydrogens is 268 g/mol. The lowest BCUT2D eigenvalue weighted by atomic mass is 9.83. The van der Waals surface area contributed by atoms with Crippen LogP contribution in [0.2, 0.25) is 0 Å². The molecule has 1 unspecified atom stereocenters. The Bertz CT molecular complexity index is 534. The maximum Gasteiger partial charge on any atom is 0.251 e. The van der Waals surface area contributed by atoms with Gasteiger partial charge in [0, 0.05) is 32.3 Å². The maximum atomic E-state index is 12.9. The van der Waals surface area contributed by atoms with Crippen LogP contribution >= 0.6 is 0 Å². The van der Waals surface area contributed by atoms with Gasteiger partial charge in [0.15, 0.2) is 5.82 Å². The summed E-state index contributed by atoms with van der Waals surface area (Å²) in [7, 11) is 1.83. The van der Waals surface area contributed by atoms with Gasteiger partial charge in [0.25, 0.3) is 5.91 Å². The number of rotatable bonds is 2. The van der Waals surface area contributed by atoms with Crippen molar-refractivity contribution in [2.24, 2.45) is 13.0 Å². The zero-order valence-corrected chi connectivity index (χ0v) is 12.4. The SMILES string of the molecule is Cn1ccc(N2CCC(=O)NC(C3CCCCC3)C2=O)n1. The van der Waals surface area contributed by atoms with Crippen LogP contribution in [-0.2, 0) is 16.6 Å². The van der Waals surface area contributed by atoms with Gasteiger partial charge in [-0.3, -0.25) is 19.2 Å². The van der Waals surface area contributed by atoms with E-state index in [1.54, 1.807) is 9.58 Å². The second-order valence-corrected chi connectivity index (χ2v) is 6.03. The molecule has 1 atom stereocenters. The largest absolute Gasteiger partial charge is 0.344 e. The summed E-state index contributed by atoms with van der Waals surface area (Å²) in [6.45, 7) is 0.408. The molecular formula is C15H22N4O2. The van der Waals surface area contributed by atoms with Gasteiger partial charge >= 0.3 is 0 Å². The lowest BCUT2D eigenvalue weighted by Gasteiger charge is -2.31. The molecule has 1 N–H and O–H groups in total. The molecule has 2 aliphatic rings. The Kier molecular flexibility index (Phi) is 3.94. The van der Waals surface area contributed by atoms with Gasteiger partial charge in [-0.2, -0.15) is 5.10 Å². The molecule has 1 aromatic rings. The molecule has 3 rings (SSSR count). The molecule has 114 valence electrons. The molecule has 1 saturated heterocycles. The first-order chi connectivity index (χ1) is 10.1. The third-order valence-corrected chi connectivity index (χ3v) is 4.51. The fourth-order valence-electron chi connectivity index (χ4n) is 3.36. The van der Waals surface area contributed by atoms with Crippen LogP contribution in [0.15, 0.2) is 12.3 Å². The minimum atomic E-state index is -0.387. The summed E-state index contributed by atoms with van der Waals surface area (Å²) in [5, 5.41) is 7.25. The summed E-state index contributed by atoms with van der Waals surface area (Å²) in [6, 6.07) is 1.44. The summed E-state index contributed by atoms with van der Waals surface area (Å²) in [5.41, 5.74) is 0. The predicted molar refractivity (Wildman–Crippen MR) is 78.7 cm³/mol. The summed E-state index contributed by atoms with van der Waals surface area (Å²) in [4.78, 5) is 26.5. The molecule has 1 aliphatic carbocycles. The Hall–Kier alpha value is -1.85. The van der Waals surface area contributed by atoms with Crippen molar-refractivity contribution in [1.82, 2.24) is 15.1 Å². The van der Waals surface area contributed by atoms with Crippen LogP contribution in [0, 0.1) is 5.92 Å². The molecule has 1 aromatic heterocycles. The molecule has 0 aromatic carbocycles. The Balaban J connectivity index is 1.84. The average Bonchev–Trinajstić information content (AvgIpc) is 2.85. The molecule has 0 radical (unpaired) electrons. The van der Waals surface area contributed by atoms with E-state index in [0.717, 1.165) is 25.7 Å². The Morgan fingerprint density at radius 1 is 1.24 bits per heavy atom. The average molecular weight is 290 g/mol. The molecule has 21 heavy (non-hydrogen) atoms. The molecule has 0 spiro atoms. The molecule has 1 saturated carbocycles. The first-order valence-electron chi connectivity index (χ1n) is 7.75. The highest BCUT2D eigenvalue weighted by Crippen LogP contribution is 2.29. The summed E-state index contributed by atoms with van der Waals surface area (Å²) >= 11 is 0. The van der Waals surface area contributed by atoms with E-state index in [4.69, 9.17) is 0 Å². The van der Waals surface area contributed by atoms with Gasteiger partial charge in [-0.1, -0.05) is 19.3 Å². The summed E-state index contributed by atoms with van der Waals surface area (Å²) < 4.78 is 1.68. The van der Waals surface area contributed by atoms with E-state index in [-0.39, 0.29) is 23.8 Å². The molecule has 6 nitrogen and oxygen atoms in total. The highest BCUT2D eigenvalue weighted by Gasteiger charge is 2.37. The van der Waals surface area contributed by atoms with Crippen molar-refractivity contribution >= 4 is 17.6 Å². The number of nitrogens with one attached hydrogen (secondary N) is 1. The number of carbonyl (C=O) groups is 2. The van der Waals surface area contributed by atoms with E-state index in [1.807, 2.05) is 19.3 Å². The van der Waals surface area contributed by atoms with Crippen LogP contribution in [-0.4, -0.2) is 34.2 Å². The highest BCUT2D eigenvalue weighted by atomic mass is 16.2. The lowest BCUT2D eigenvalue weighted by molar-refractivity contribution is -0.127. The molecule has 2 amide bonds. The first-order valence-corrected chi connectivity index (χ1v) is 7.75. The third-order valence-electron chi connectivity index (χ3n) is 4.51. The van der Waals surface area contributed by atoms with E-state index in [9.17, 15) is 9.59 Å². The van der Waals surface area contributed by atoms with Crippen LogP contribution in [0.25, 0.3) is 0 Å². The number of amides is 2. The monoisotopic (exact) mass is 290 g/mol. The fraction of sp³-hybridized carbons (Fsp3) is 0.667. The van der Waals surface area contributed by atoms with Crippen molar-refractivity contribution in [2.45, 2.75) is 44.6 Å². The van der Waals surface area contributed by atoms with Gasteiger partial charge < -0.3 is 5.32 Å². The summed E-state index contributed by atoms with van der Waals surface area (Å²) in [6.07, 6.45) is 7.72. The standard InChI is InChI=1S/C15H22N4O2/c1-18-9-7-12(17-18)19-10-8-13(20)16-14(15(19)21)11-5-3-2-4-6-11/h7,9,11,14H,2-6,8,10H2,1H3,(H,16,20). The van der Waals surface area contributed by atoms with Gasteiger partial charge in [0.2, 0.25) is 5.91 Å². The lowest BCUT2D eigenvalue weighted by Crippen LogP contribution is -2.49. The smallest absolute Gasteiger partial charge is 0.251 e. The van der Waals surface area contributed by atoms with E-state index in [2.05, 4.69) is 10.4 Å². The molecule has 0 bridgehead atoms. The zero-order valence-electron chi connectivity index (χ0n) is 12.4. The maximum absolute atomic E-state index is 12.9. The molecule has 1 aliphatic heterocycles. The van der Waals surface area contributed by atoms with Gasteiger partial charge in [0.1, 0.15) is 6.04 Å². The number of anilines is 1. The number of aromatic nitrogens is 2. The highest BCUT2D eigenvalue weighted by molar-refractivity contribution is 6.00. The number of carbonyl (C=O) groups excluding carboxylic acids is 2. The van der Waals surface area contributed by atoms with Crippen molar-refractivity contribution < 1.29 is 9.59 Å². The second-order valence-electron chi connectivity index (χ2n) is 6.03. The van der Waals surface area contributed by atoms with Crippen LogP contribution in [0.5, 0.6) is 0 Å². The van der Waals surface area contributed by atoms with Crippen LogP contribution < -0.4 is 10.2 Å². The topological polar surface area (TPSA) is 67.2 Å². The van der Waals surface area contributed by atoms with E-state index >= 15 is 0 Å². The number of aryl methyl sites for hydroxylation is 1. The predicted octanol–water partition coefficient (Wildman–Crippen LogP) is 1.22. The zero-order chi connectivity index (χ0) is 14.8. The molecule has 2 heterocycles. The van der Waals surface area contributed by atoms with Crippen LogP contribution in [0.4, 0.5) is 5.82 Å². The van der Waals surface area contributed by atoms with Crippen molar-refractivity contribution in [3.8, 4) is 0 Å². The van der Waals surface area contributed by atoms with Gasteiger partial charge in [-0.05, 0) is 18.8 Å². The van der Waals surface area contributed by atoms with Gasteiger partial charge in [-0.15, -0.1) is 0 Å². The van der Waals surface area contributed by atoms with E-state index in [1.165, 1.54) is 6.42 Å². The van der Waals surface area contributed by atoms with Crippen molar-refractivity contribution in [3.63, 3.8) is 0 Å². The van der Waals surface area contributed by atoms with E-state index in [0.29, 0.717) is 18.8 Å². The van der Waals surface area contributed by atoms with Crippen molar-refractivity contribution in [3.05, 3.63) is 12.3 Å². The molecule has 2 fully saturated rings. The van der Waals surface area contributed by atoms with Crippen LogP contribution in [0.1, 0.15) is 38.5 Å². The Morgan fingerprint density at radius 2 is 2.00 bits per heavy atom. The first kappa shape index (κ1) is 14.1. The van der Waals surface area contributed by atoms with Crippen molar-refractivity contribution in [1.29, 1.82) is 0 Å².